The van der Waals surface area contributed by atoms with Gasteiger partial charge in [-0.25, -0.2) is 4.98 Å². The number of ether oxygens (including phenoxy) is 2. The first-order valence-electron chi connectivity index (χ1n) is 6.96. The van der Waals surface area contributed by atoms with Crippen molar-refractivity contribution in [3.63, 3.8) is 0 Å². The van der Waals surface area contributed by atoms with Crippen LogP contribution in [0.25, 0.3) is 0 Å². The van der Waals surface area contributed by atoms with Crippen LogP contribution >= 0.6 is 0 Å². The van der Waals surface area contributed by atoms with Gasteiger partial charge in [0.1, 0.15) is 5.60 Å². The molecular weight excluding hydrogens is 260 g/mol. The third kappa shape index (κ3) is 2.33. The highest BCUT2D eigenvalue weighted by Gasteiger charge is 2.51. The first kappa shape index (κ1) is 13.6. The molecule has 0 N–H and O–H groups in total. The molecular formula is C14H20N2O4. The van der Waals surface area contributed by atoms with E-state index in [0.717, 1.165) is 26.1 Å². The summed E-state index contributed by atoms with van der Waals surface area (Å²) in [6.07, 6.45) is 3.34. The molecule has 0 saturated carbocycles. The van der Waals surface area contributed by atoms with Crippen molar-refractivity contribution in [3.8, 4) is 0 Å². The quantitative estimate of drug-likeness (QED) is 0.830. The second-order valence-electron chi connectivity index (χ2n) is 5.77. The third-order valence-electron chi connectivity index (χ3n) is 4.20. The largest absolute Gasteiger partial charge is 0.438 e. The van der Waals surface area contributed by atoms with Crippen LogP contribution in [0.3, 0.4) is 0 Å². The van der Waals surface area contributed by atoms with Crippen molar-refractivity contribution in [1.82, 2.24) is 9.88 Å². The third-order valence-corrected chi connectivity index (χ3v) is 4.20. The topological polar surface area (TPSA) is 64.8 Å². The fraction of sp³-hybridized carbons (Fsp3) is 0.714. The summed E-state index contributed by atoms with van der Waals surface area (Å²) >= 11 is 0. The molecule has 1 atom stereocenters. The van der Waals surface area contributed by atoms with Crippen LogP contribution in [0.2, 0.25) is 0 Å². The lowest BCUT2D eigenvalue weighted by Crippen LogP contribution is -2.63. The first-order chi connectivity index (χ1) is 9.63. The highest BCUT2D eigenvalue weighted by atomic mass is 16.5. The van der Waals surface area contributed by atoms with Crippen molar-refractivity contribution >= 4 is 5.91 Å². The van der Waals surface area contributed by atoms with Crippen LogP contribution in [-0.2, 0) is 9.47 Å². The summed E-state index contributed by atoms with van der Waals surface area (Å²) in [5.41, 5.74) is 0.503. The number of nitrogens with zero attached hydrogens (tertiary/aromatic N) is 2. The Morgan fingerprint density at radius 2 is 2.40 bits per heavy atom. The van der Waals surface area contributed by atoms with Gasteiger partial charge in [0.15, 0.2) is 6.39 Å². The van der Waals surface area contributed by atoms with E-state index in [2.05, 4.69) is 4.98 Å². The van der Waals surface area contributed by atoms with Gasteiger partial charge in [0, 0.05) is 13.7 Å². The van der Waals surface area contributed by atoms with E-state index >= 15 is 0 Å². The number of aryl methyl sites for hydroxylation is 1. The molecule has 3 rings (SSSR count). The molecule has 2 saturated heterocycles. The van der Waals surface area contributed by atoms with Gasteiger partial charge in [-0.15, -0.1) is 0 Å². The van der Waals surface area contributed by atoms with Gasteiger partial charge < -0.3 is 18.8 Å². The minimum absolute atomic E-state index is 0.0884. The molecule has 6 nitrogen and oxygen atoms in total. The standard InChI is InChI=1S/C14H20N2O4/c1-10-12(19-9-15-10)13(17)16-7-14(8-16)5-11(6-20-14)3-4-18-2/h9,11H,3-8H2,1-2H3. The predicted octanol–water partition coefficient (Wildman–Crippen LogP) is 1.25. The molecule has 0 aromatic carbocycles. The van der Waals surface area contributed by atoms with Crippen molar-refractivity contribution < 1.29 is 18.7 Å². The normalized spacial score (nSPS) is 24.1. The zero-order chi connectivity index (χ0) is 14.2. The van der Waals surface area contributed by atoms with Gasteiger partial charge in [-0.05, 0) is 25.7 Å². The number of methoxy groups -OCH3 is 1. The van der Waals surface area contributed by atoms with Crippen LogP contribution in [0.1, 0.15) is 29.1 Å². The van der Waals surface area contributed by atoms with Crippen LogP contribution < -0.4 is 0 Å². The number of aromatic nitrogens is 1. The van der Waals surface area contributed by atoms with Gasteiger partial charge in [-0.2, -0.15) is 0 Å². The van der Waals surface area contributed by atoms with E-state index in [1.807, 2.05) is 0 Å². The molecule has 20 heavy (non-hydrogen) atoms. The molecule has 1 amide bonds. The van der Waals surface area contributed by atoms with E-state index in [-0.39, 0.29) is 11.5 Å². The number of likely N-dealkylation sites (tertiary alicyclic amines) is 1. The molecule has 3 heterocycles. The summed E-state index contributed by atoms with van der Waals surface area (Å²) in [6.45, 7) is 4.61. The fourth-order valence-corrected chi connectivity index (χ4v) is 3.07. The summed E-state index contributed by atoms with van der Waals surface area (Å²) in [5, 5.41) is 0. The van der Waals surface area contributed by atoms with Gasteiger partial charge in [0.25, 0.3) is 5.91 Å². The second-order valence-corrected chi connectivity index (χ2v) is 5.77. The SMILES string of the molecule is COCCC1COC2(C1)CN(C(=O)c1ocnc1C)C2. The van der Waals surface area contributed by atoms with Crippen molar-refractivity contribution in [3.05, 3.63) is 17.8 Å². The lowest BCUT2D eigenvalue weighted by Gasteiger charge is -2.46. The molecule has 6 heteroatoms. The second kappa shape index (κ2) is 5.18. The molecule has 110 valence electrons. The van der Waals surface area contributed by atoms with Crippen molar-refractivity contribution in [2.24, 2.45) is 5.92 Å². The Labute approximate surface area is 118 Å². The average Bonchev–Trinajstić information content (AvgIpc) is 3.00. The minimum Gasteiger partial charge on any atom is -0.438 e. The maximum absolute atomic E-state index is 12.2. The first-order valence-corrected chi connectivity index (χ1v) is 6.96. The molecule has 2 aliphatic rings. The van der Waals surface area contributed by atoms with E-state index < -0.39 is 0 Å². The molecule has 2 fully saturated rings. The Balaban J connectivity index is 1.54. The molecule has 0 aliphatic carbocycles. The number of amides is 1. The van der Waals surface area contributed by atoms with Gasteiger partial charge in [-0.1, -0.05) is 0 Å². The van der Waals surface area contributed by atoms with Crippen LogP contribution in [0, 0.1) is 12.8 Å². The Morgan fingerprint density at radius 1 is 1.60 bits per heavy atom. The number of hydrogen-bond donors (Lipinski definition) is 0. The highest BCUT2D eigenvalue weighted by molar-refractivity contribution is 5.93. The Bertz CT molecular complexity index is 493. The molecule has 1 unspecified atom stereocenters. The van der Waals surface area contributed by atoms with Gasteiger partial charge in [0.05, 0.1) is 25.4 Å². The van der Waals surface area contributed by atoms with Crippen molar-refractivity contribution in [2.45, 2.75) is 25.4 Å². The number of carbonyl (C=O) groups excluding carboxylic acids is 1. The summed E-state index contributed by atoms with van der Waals surface area (Å²) < 4.78 is 16.2. The smallest absolute Gasteiger partial charge is 0.291 e. The van der Waals surface area contributed by atoms with Gasteiger partial charge >= 0.3 is 0 Å². The predicted molar refractivity (Wildman–Crippen MR) is 70.4 cm³/mol. The van der Waals surface area contributed by atoms with E-state index in [1.54, 1.807) is 18.9 Å². The van der Waals surface area contributed by atoms with E-state index in [1.165, 1.54) is 6.39 Å². The molecule has 1 aromatic rings. The maximum Gasteiger partial charge on any atom is 0.291 e. The lowest BCUT2D eigenvalue weighted by atomic mass is 9.86. The Kier molecular flexibility index (Phi) is 3.52. The molecule has 0 radical (unpaired) electrons. The van der Waals surface area contributed by atoms with Crippen molar-refractivity contribution in [2.75, 3.05) is 33.4 Å². The summed E-state index contributed by atoms with van der Waals surface area (Å²) in [7, 11) is 1.72. The monoisotopic (exact) mass is 280 g/mol. The minimum atomic E-state index is -0.137. The summed E-state index contributed by atoms with van der Waals surface area (Å²) in [5.74, 6) is 0.794. The Morgan fingerprint density at radius 3 is 3.05 bits per heavy atom. The number of carbonyl (C=O) groups is 1. The number of oxazole rings is 1. The molecule has 0 bridgehead atoms. The van der Waals surface area contributed by atoms with Gasteiger partial charge in [-0.3, -0.25) is 4.79 Å². The molecule has 1 aromatic heterocycles. The average molecular weight is 280 g/mol. The zero-order valence-electron chi connectivity index (χ0n) is 11.9. The lowest BCUT2D eigenvalue weighted by molar-refractivity contribution is -0.0957. The summed E-state index contributed by atoms with van der Waals surface area (Å²) in [6, 6.07) is 0. The number of hydrogen-bond acceptors (Lipinski definition) is 5. The van der Waals surface area contributed by atoms with E-state index in [0.29, 0.717) is 30.5 Å². The zero-order valence-corrected chi connectivity index (χ0v) is 11.9. The van der Waals surface area contributed by atoms with E-state index in [4.69, 9.17) is 13.9 Å². The fourth-order valence-electron chi connectivity index (χ4n) is 3.07. The van der Waals surface area contributed by atoms with Crippen LogP contribution in [0.5, 0.6) is 0 Å². The Hall–Kier alpha value is -1.40. The molecule has 1 spiro atoms. The van der Waals surface area contributed by atoms with E-state index in [9.17, 15) is 4.79 Å². The maximum atomic E-state index is 12.2. The van der Waals surface area contributed by atoms with Crippen LogP contribution in [0.15, 0.2) is 10.8 Å². The summed E-state index contributed by atoms with van der Waals surface area (Å²) in [4.78, 5) is 17.9. The van der Waals surface area contributed by atoms with Gasteiger partial charge in [0.2, 0.25) is 5.76 Å². The molecule has 2 aliphatic heterocycles. The number of rotatable bonds is 4. The van der Waals surface area contributed by atoms with Crippen LogP contribution in [-0.4, -0.2) is 54.8 Å². The van der Waals surface area contributed by atoms with Crippen LogP contribution in [0.4, 0.5) is 0 Å². The van der Waals surface area contributed by atoms with Crippen molar-refractivity contribution in [1.29, 1.82) is 0 Å². The highest BCUT2D eigenvalue weighted by Crippen LogP contribution is 2.39.